The van der Waals surface area contributed by atoms with Gasteiger partial charge in [0, 0.05) is 23.4 Å². The summed E-state index contributed by atoms with van der Waals surface area (Å²) in [4.78, 5) is 4.77. The molecule has 4 heterocycles. The average Bonchev–Trinajstić information content (AvgIpc) is 3.48. The third-order valence-corrected chi connectivity index (χ3v) is 7.64. The maximum absolute atomic E-state index is 6.31. The Kier molecular flexibility index (Phi) is 6.82. The van der Waals surface area contributed by atoms with Gasteiger partial charge in [-0.3, -0.25) is 0 Å². The van der Waals surface area contributed by atoms with Crippen molar-refractivity contribution in [3.05, 3.63) is 108 Å². The van der Waals surface area contributed by atoms with E-state index in [0.717, 1.165) is 33.2 Å². The second-order valence-corrected chi connectivity index (χ2v) is 11.0. The van der Waals surface area contributed by atoms with Crippen molar-refractivity contribution in [2.24, 2.45) is 0 Å². The third kappa shape index (κ3) is 5.20. The van der Waals surface area contributed by atoms with Gasteiger partial charge in [-0.25, -0.2) is 4.52 Å². The molecule has 1 saturated heterocycles. The lowest BCUT2D eigenvalue weighted by atomic mass is 9.79. The van der Waals surface area contributed by atoms with Crippen LogP contribution in [-0.2, 0) is 22.5 Å². The molecule has 2 aromatic carbocycles. The van der Waals surface area contributed by atoms with Gasteiger partial charge in [-0.05, 0) is 62.5 Å². The van der Waals surface area contributed by atoms with E-state index in [2.05, 4.69) is 38.9 Å². The van der Waals surface area contributed by atoms with E-state index >= 15 is 0 Å². The van der Waals surface area contributed by atoms with Gasteiger partial charge in [-0.2, -0.15) is 10.1 Å². The zero-order chi connectivity index (χ0) is 27.7. The minimum Gasteiger partial charge on any atom is -0.473 e. The fourth-order valence-electron chi connectivity index (χ4n) is 4.61. The van der Waals surface area contributed by atoms with Crippen LogP contribution in [0, 0.1) is 0 Å². The van der Waals surface area contributed by atoms with E-state index in [4.69, 9.17) is 23.8 Å². The van der Waals surface area contributed by atoms with E-state index < -0.39 is 18.3 Å². The van der Waals surface area contributed by atoms with E-state index in [1.165, 1.54) is 0 Å². The summed E-state index contributed by atoms with van der Waals surface area (Å²) < 4.78 is 26.8. The molecule has 1 aliphatic heterocycles. The lowest BCUT2D eigenvalue weighted by molar-refractivity contribution is 0.00578. The number of hydrogen-bond donors (Lipinski definition) is 0. The Labute approximate surface area is 234 Å². The van der Waals surface area contributed by atoms with Crippen molar-refractivity contribution in [3.63, 3.8) is 0 Å². The topological polar surface area (TPSA) is 67.1 Å². The average molecular weight is 533 g/mol. The molecule has 1 aliphatic rings. The number of pyridine rings is 2. The van der Waals surface area contributed by atoms with Crippen LogP contribution in [0.4, 0.5) is 0 Å². The van der Waals surface area contributed by atoms with Crippen LogP contribution in [0.3, 0.4) is 0 Å². The fourth-order valence-corrected chi connectivity index (χ4v) is 4.61. The SMILES string of the molecule is CC1(C)OB(c2ccn3ncc(-c4ccc(OCc5ccccc5)nc4OCc4ccccc4)c3c2)OC1(C)C. The first kappa shape index (κ1) is 26.1. The number of ether oxygens (including phenoxy) is 2. The van der Waals surface area contributed by atoms with E-state index in [-0.39, 0.29) is 0 Å². The van der Waals surface area contributed by atoms with Crippen molar-refractivity contribution in [2.45, 2.75) is 52.1 Å². The van der Waals surface area contributed by atoms with Crippen molar-refractivity contribution >= 4 is 18.1 Å². The van der Waals surface area contributed by atoms with Crippen molar-refractivity contribution in [2.75, 3.05) is 0 Å². The molecule has 1 fully saturated rings. The Morgan fingerprint density at radius 2 is 1.38 bits per heavy atom. The molecule has 6 rings (SSSR count). The summed E-state index contributed by atoms with van der Waals surface area (Å²) in [6.45, 7) is 9.01. The molecule has 202 valence electrons. The molecule has 0 saturated carbocycles. The van der Waals surface area contributed by atoms with Crippen LogP contribution in [-0.4, -0.2) is 32.9 Å². The highest BCUT2D eigenvalue weighted by atomic mass is 16.7. The van der Waals surface area contributed by atoms with Crippen LogP contribution in [0.2, 0.25) is 0 Å². The normalized spacial score (nSPS) is 15.8. The zero-order valence-corrected chi connectivity index (χ0v) is 23.2. The summed E-state index contributed by atoms with van der Waals surface area (Å²) in [5.74, 6) is 0.968. The minimum atomic E-state index is -0.474. The van der Waals surface area contributed by atoms with Gasteiger partial charge >= 0.3 is 7.12 Å². The molecule has 0 N–H and O–H groups in total. The quantitative estimate of drug-likeness (QED) is 0.233. The zero-order valence-electron chi connectivity index (χ0n) is 23.2. The molecule has 40 heavy (non-hydrogen) atoms. The summed E-state index contributed by atoms with van der Waals surface area (Å²) in [6.07, 6.45) is 3.76. The molecule has 7 nitrogen and oxygen atoms in total. The Hall–Kier alpha value is -4.14. The smallest absolute Gasteiger partial charge is 0.473 e. The van der Waals surface area contributed by atoms with Crippen LogP contribution in [0.5, 0.6) is 11.8 Å². The number of aromatic nitrogens is 3. The first-order valence-electron chi connectivity index (χ1n) is 13.5. The van der Waals surface area contributed by atoms with E-state index in [1.54, 1.807) is 0 Å². The lowest BCUT2D eigenvalue weighted by Crippen LogP contribution is -2.41. The van der Waals surface area contributed by atoms with Crippen LogP contribution in [0.1, 0.15) is 38.8 Å². The molecule has 0 bridgehead atoms. The van der Waals surface area contributed by atoms with Crippen LogP contribution in [0.15, 0.2) is 97.3 Å². The lowest BCUT2D eigenvalue weighted by Gasteiger charge is -2.32. The van der Waals surface area contributed by atoms with Crippen LogP contribution in [0.25, 0.3) is 16.6 Å². The van der Waals surface area contributed by atoms with Gasteiger partial charge in [-0.15, -0.1) is 0 Å². The maximum atomic E-state index is 6.31. The molecule has 0 spiro atoms. The van der Waals surface area contributed by atoms with Gasteiger partial charge in [-0.1, -0.05) is 60.7 Å². The molecule has 3 aromatic heterocycles. The second kappa shape index (κ2) is 10.4. The summed E-state index contributed by atoms with van der Waals surface area (Å²) in [5.41, 5.74) is 4.81. The third-order valence-electron chi connectivity index (χ3n) is 7.64. The Balaban J connectivity index is 1.34. The summed E-state index contributed by atoms with van der Waals surface area (Å²) in [5, 5.41) is 4.60. The van der Waals surface area contributed by atoms with Crippen molar-refractivity contribution in [3.8, 4) is 22.9 Å². The Morgan fingerprint density at radius 1 is 0.750 bits per heavy atom. The van der Waals surface area contributed by atoms with Gasteiger partial charge < -0.3 is 18.8 Å². The van der Waals surface area contributed by atoms with Gasteiger partial charge in [0.25, 0.3) is 0 Å². The van der Waals surface area contributed by atoms with Crippen molar-refractivity contribution in [1.82, 2.24) is 14.6 Å². The number of rotatable bonds is 8. The first-order valence-corrected chi connectivity index (χ1v) is 13.5. The second-order valence-electron chi connectivity index (χ2n) is 11.0. The number of nitrogens with zero attached hydrogens (tertiary/aromatic N) is 3. The molecule has 0 amide bonds. The number of benzene rings is 2. The van der Waals surface area contributed by atoms with Crippen LogP contribution >= 0.6 is 0 Å². The highest BCUT2D eigenvalue weighted by Crippen LogP contribution is 2.37. The number of hydrogen-bond acceptors (Lipinski definition) is 6. The highest BCUT2D eigenvalue weighted by molar-refractivity contribution is 6.62. The summed E-state index contributed by atoms with van der Waals surface area (Å²) >= 11 is 0. The van der Waals surface area contributed by atoms with Crippen molar-refractivity contribution < 1.29 is 18.8 Å². The Bertz CT molecular complexity index is 1600. The fraction of sp³-hybridized carbons (Fsp3) is 0.250. The Morgan fingerprint density at radius 3 is 2.02 bits per heavy atom. The predicted molar refractivity (Wildman–Crippen MR) is 156 cm³/mol. The van der Waals surface area contributed by atoms with Gasteiger partial charge in [0.05, 0.1) is 22.9 Å². The van der Waals surface area contributed by atoms with E-state index in [1.807, 2.05) is 95.8 Å². The molecule has 0 unspecified atom stereocenters. The van der Waals surface area contributed by atoms with E-state index in [0.29, 0.717) is 25.0 Å². The minimum absolute atomic E-state index is 0.376. The van der Waals surface area contributed by atoms with E-state index in [9.17, 15) is 0 Å². The predicted octanol–water partition coefficient (Wildman–Crippen LogP) is 5.85. The molecule has 0 radical (unpaired) electrons. The molecular weight excluding hydrogens is 501 g/mol. The highest BCUT2D eigenvalue weighted by Gasteiger charge is 2.51. The van der Waals surface area contributed by atoms with Crippen molar-refractivity contribution in [1.29, 1.82) is 0 Å². The first-order chi connectivity index (χ1) is 19.3. The van der Waals surface area contributed by atoms with Gasteiger partial charge in [0.15, 0.2) is 0 Å². The number of fused-ring (bicyclic) bond motifs is 1. The molecule has 8 heteroatoms. The molecule has 5 aromatic rings. The summed E-state index contributed by atoms with van der Waals surface area (Å²) in [7, 11) is -0.474. The standard InChI is InChI=1S/C32H32BN3O4/c1-31(2)32(3,4)40-33(39-31)25-17-18-36-28(19-25)27(20-34-36)26-15-16-29(37-21-23-11-7-5-8-12-23)35-30(26)38-22-24-13-9-6-10-14-24/h5-20H,21-22H2,1-4H3. The van der Waals surface area contributed by atoms with Crippen LogP contribution < -0.4 is 14.9 Å². The summed E-state index contributed by atoms with van der Waals surface area (Å²) in [6, 6.07) is 28.0. The molecular formula is C32H32BN3O4. The monoisotopic (exact) mass is 533 g/mol. The maximum Gasteiger partial charge on any atom is 0.494 e. The largest absolute Gasteiger partial charge is 0.494 e. The van der Waals surface area contributed by atoms with Gasteiger partial charge in [0.2, 0.25) is 11.8 Å². The van der Waals surface area contributed by atoms with Gasteiger partial charge in [0.1, 0.15) is 13.2 Å². The molecule has 0 aliphatic carbocycles. The molecule has 0 atom stereocenters.